The van der Waals surface area contributed by atoms with E-state index in [-0.39, 0.29) is 16.2 Å². The number of para-hydroxylation sites is 2. The highest BCUT2D eigenvalue weighted by Crippen LogP contribution is 2.40. The largest absolute Gasteiger partial charge is 0.464 e. The Morgan fingerprint density at radius 2 is 1.61 bits per heavy atom. The summed E-state index contributed by atoms with van der Waals surface area (Å²) in [6, 6.07) is 22.6. The number of ketones is 1. The van der Waals surface area contributed by atoms with Crippen LogP contribution in [0.5, 0.6) is 0 Å². The lowest BCUT2D eigenvalue weighted by Gasteiger charge is -2.21. The van der Waals surface area contributed by atoms with Gasteiger partial charge >= 0.3 is 5.97 Å². The summed E-state index contributed by atoms with van der Waals surface area (Å²) in [6.45, 7) is 0. The van der Waals surface area contributed by atoms with Gasteiger partial charge in [-0.25, -0.2) is 9.79 Å². The quantitative estimate of drug-likeness (QED) is 0.205. The third kappa shape index (κ3) is 4.97. The summed E-state index contributed by atoms with van der Waals surface area (Å²) in [6.07, 6.45) is 0. The molecule has 8 heteroatoms. The fourth-order valence-corrected chi connectivity index (χ4v) is 4.45. The fraction of sp³-hybridized carbons (Fsp3) is 0.0400. The fourth-order valence-electron chi connectivity index (χ4n) is 3.15. The number of nitrogens with one attached hydrogen (secondary N) is 1. The van der Waals surface area contributed by atoms with Crippen LogP contribution >= 0.6 is 27.7 Å². The molecule has 1 heterocycles. The number of Topliss-reactive ketones (excluding diaryl/α,β-unsaturated/α-hetero) is 1. The van der Waals surface area contributed by atoms with Crippen LogP contribution in [0.3, 0.4) is 0 Å². The summed E-state index contributed by atoms with van der Waals surface area (Å²) in [5, 5.41) is 2.80. The van der Waals surface area contributed by atoms with E-state index in [0.29, 0.717) is 16.9 Å². The molecule has 3 aromatic carbocycles. The van der Waals surface area contributed by atoms with Crippen molar-refractivity contribution in [3.8, 4) is 0 Å². The molecule has 1 N–H and O–H groups in total. The number of benzene rings is 3. The SMILES string of the molecule is COC(=O)C(=Nc1ccccc1)/C(C(=O)c1ccc(Br)cc1)=C1\Sc2ccccc2NC1=O. The van der Waals surface area contributed by atoms with Crippen LogP contribution in [0.25, 0.3) is 0 Å². The highest BCUT2D eigenvalue weighted by molar-refractivity contribution is 9.10. The number of carbonyl (C=O) groups excluding carboxylic acids is 3. The van der Waals surface area contributed by atoms with Gasteiger partial charge in [0.05, 0.1) is 29.0 Å². The van der Waals surface area contributed by atoms with Crippen LogP contribution < -0.4 is 5.32 Å². The average molecular weight is 521 g/mol. The first-order chi connectivity index (χ1) is 16.0. The molecule has 0 radical (unpaired) electrons. The third-order valence-corrected chi connectivity index (χ3v) is 6.42. The molecule has 3 aromatic rings. The molecule has 33 heavy (non-hydrogen) atoms. The molecule has 6 nitrogen and oxygen atoms in total. The molecule has 164 valence electrons. The maximum Gasteiger partial charge on any atom is 0.357 e. The van der Waals surface area contributed by atoms with Crippen molar-refractivity contribution in [3.63, 3.8) is 0 Å². The maximum absolute atomic E-state index is 13.7. The number of anilines is 1. The van der Waals surface area contributed by atoms with Crippen molar-refractivity contribution in [2.45, 2.75) is 4.90 Å². The van der Waals surface area contributed by atoms with E-state index in [1.807, 2.05) is 18.2 Å². The van der Waals surface area contributed by atoms with Gasteiger partial charge in [0, 0.05) is 14.9 Å². The summed E-state index contributed by atoms with van der Waals surface area (Å²) in [4.78, 5) is 44.9. The number of esters is 1. The van der Waals surface area contributed by atoms with Crippen LogP contribution in [0, 0.1) is 0 Å². The van der Waals surface area contributed by atoms with Gasteiger partial charge in [-0.15, -0.1) is 0 Å². The molecule has 0 spiro atoms. The molecule has 1 amide bonds. The number of halogens is 1. The van der Waals surface area contributed by atoms with Gasteiger partial charge in [0.2, 0.25) is 0 Å². The topological polar surface area (TPSA) is 84.8 Å². The Morgan fingerprint density at radius 1 is 0.939 bits per heavy atom. The van der Waals surface area contributed by atoms with E-state index >= 15 is 0 Å². The lowest BCUT2D eigenvalue weighted by atomic mass is 9.98. The molecule has 4 rings (SSSR count). The highest BCUT2D eigenvalue weighted by atomic mass is 79.9. The molecular weight excluding hydrogens is 504 g/mol. The van der Waals surface area contributed by atoms with Crippen LogP contribution in [0.2, 0.25) is 0 Å². The molecule has 0 aliphatic carbocycles. The van der Waals surface area contributed by atoms with Gasteiger partial charge in [-0.1, -0.05) is 58.0 Å². The van der Waals surface area contributed by atoms with E-state index < -0.39 is 17.7 Å². The molecule has 0 bridgehead atoms. The maximum atomic E-state index is 13.7. The summed E-state index contributed by atoms with van der Waals surface area (Å²) in [5.41, 5.74) is 1.02. The van der Waals surface area contributed by atoms with Crippen molar-refractivity contribution in [2.75, 3.05) is 12.4 Å². The predicted molar refractivity (Wildman–Crippen MR) is 132 cm³/mol. The average Bonchev–Trinajstić information content (AvgIpc) is 2.84. The number of nitrogens with zero attached hydrogens (tertiary/aromatic N) is 1. The van der Waals surface area contributed by atoms with Crippen molar-refractivity contribution < 1.29 is 19.1 Å². The molecule has 1 aliphatic heterocycles. The van der Waals surface area contributed by atoms with Gasteiger partial charge in [0.15, 0.2) is 11.5 Å². The lowest BCUT2D eigenvalue weighted by Crippen LogP contribution is -2.29. The third-order valence-electron chi connectivity index (χ3n) is 4.73. The molecule has 0 fully saturated rings. The molecule has 0 atom stereocenters. The van der Waals surface area contributed by atoms with Gasteiger partial charge in [-0.05, 0) is 48.5 Å². The second kappa shape index (κ2) is 9.97. The molecule has 0 saturated carbocycles. The van der Waals surface area contributed by atoms with Crippen LogP contribution in [-0.2, 0) is 14.3 Å². The van der Waals surface area contributed by atoms with Gasteiger partial charge in [-0.2, -0.15) is 0 Å². The first kappa shape index (κ1) is 22.7. The minimum Gasteiger partial charge on any atom is -0.464 e. The van der Waals surface area contributed by atoms with E-state index in [9.17, 15) is 14.4 Å². The zero-order valence-electron chi connectivity index (χ0n) is 17.4. The number of hydrogen-bond donors (Lipinski definition) is 1. The molecule has 0 aromatic heterocycles. The first-order valence-electron chi connectivity index (χ1n) is 9.83. The van der Waals surface area contributed by atoms with E-state index in [0.717, 1.165) is 21.1 Å². The summed E-state index contributed by atoms with van der Waals surface area (Å²) < 4.78 is 5.75. The highest BCUT2D eigenvalue weighted by Gasteiger charge is 2.34. The monoisotopic (exact) mass is 520 g/mol. The van der Waals surface area contributed by atoms with E-state index in [1.165, 1.54) is 7.11 Å². The van der Waals surface area contributed by atoms with E-state index in [1.54, 1.807) is 60.7 Å². The molecule has 1 aliphatic rings. The number of fused-ring (bicyclic) bond motifs is 1. The minimum absolute atomic E-state index is 0.0710. The van der Waals surface area contributed by atoms with Gasteiger partial charge in [0.1, 0.15) is 0 Å². The Balaban J connectivity index is 1.96. The van der Waals surface area contributed by atoms with Crippen LogP contribution in [0.1, 0.15) is 10.4 Å². The number of hydrogen-bond acceptors (Lipinski definition) is 6. The van der Waals surface area contributed by atoms with E-state index in [4.69, 9.17) is 4.74 Å². The second-order valence-electron chi connectivity index (χ2n) is 6.88. The van der Waals surface area contributed by atoms with Crippen molar-refractivity contribution in [1.82, 2.24) is 0 Å². The Hall–Kier alpha value is -3.49. The molecule has 0 unspecified atom stereocenters. The smallest absolute Gasteiger partial charge is 0.357 e. The van der Waals surface area contributed by atoms with Gasteiger partial charge < -0.3 is 10.1 Å². The van der Waals surface area contributed by atoms with Crippen molar-refractivity contribution >= 4 is 62.4 Å². The Labute approximate surface area is 202 Å². The summed E-state index contributed by atoms with van der Waals surface area (Å²) in [5.74, 6) is -1.83. The number of amides is 1. The first-order valence-corrected chi connectivity index (χ1v) is 11.4. The van der Waals surface area contributed by atoms with Crippen molar-refractivity contribution in [1.29, 1.82) is 0 Å². The number of methoxy groups -OCH3 is 1. The predicted octanol–water partition coefficient (Wildman–Crippen LogP) is 5.58. The number of carbonyl (C=O) groups is 3. The Kier molecular flexibility index (Phi) is 6.86. The zero-order valence-corrected chi connectivity index (χ0v) is 19.8. The normalized spacial score (nSPS) is 14.7. The summed E-state index contributed by atoms with van der Waals surface area (Å²) >= 11 is 4.47. The standard InChI is InChI=1S/C25H17BrN2O4S/c1-32-25(31)21(27-17-7-3-2-4-8-17)20(22(29)15-11-13-16(26)14-12-15)23-24(30)28-18-9-5-6-10-19(18)33-23/h2-14H,1H3,(H,28,30)/b23-20+,27-21?. The Bertz CT molecular complexity index is 1300. The number of rotatable bonds is 5. The van der Waals surface area contributed by atoms with Gasteiger partial charge in [-0.3, -0.25) is 9.59 Å². The second-order valence-corrected chi connectivity index (χ2v) is 8.85. The van der Waals surface area contributed by atoms with Crippen LogP contribution in [0.4, 0.5) is 11.4 Å². The number of ether oxygens (including phenoxy) is 1. The van der Waals surface area contributed by atoms with Crippen molar-refractivity contribution in [3.05, 3.63) is 99.4 Å². The minimum atomic E-state index is -0.820. The molecular formula is C25H17BrN2O4S. The van der Waals surface area contributed by atoms with Gasteiger partial charge in [0.25, 0.3) is 5.91 Å². The van der Waals surface area contributed by atoms with Crippen LogP contribution in [0.15, 0.2) is 104 Å². The van der Waals surface area contributed by atoms with Crippen LogP contribution in [-0.4, -0.2) is 30.5 Å². The zero-order chi connectivity index (χ0) is 23.4. The van der Waals surface area contributed by atoms with E-state index in [2.05, 4.69) is 26.2 Å². The number of thioether (sulfide) groups is 1. The molecule has 0 saturated heterocycles. The number of aliphatic imine (C=N–C) groups is 1. The van der Waals surface area contributed by atoms with Crippen molar-refractivity contribution in [2.24, 2.45) is 4.99 Å². The lowest BCUT2D eigenvalue weighted by molar-refractivity contribution is -0.132. The Morgan fingerprint density at radius 3 is 2.30 bits per heavy atom. The summed E-state index contributed by atoms with van der Waals surface area (Å²) in [7, 11) is 1.21.